The van der Waals surface area contributed by atoms with Gasteiger partial charge in [0.15, 0.2) is 0 Å². The smallest absolute Gasteiger partial charge is 0.255 e. The maximum absolute atomic E-state index is 14.5. The molecule has 1 amide bonds. The quantitative estimate of drug-likeness (QED) is 0.669. The number of morpholine rings is 1. The lowest BCUT2D eigenvalue weighted by molar-refractivity contribution is -0.0862. The molecule has 0 bridgehead atoms. The Kier molecular flexibility index (Phi) is 6.51. The minimum absolute atomic E-state index is 0.0623. The average Bonchev–Trinajstić information content (AvgIpc) is 3.35. The number of carbonyl (C=O) groups excluding carboxylic acids is 1. The van der Waals surface area contributed by atoms with Crippen LogP contribution < -0.4 is 5.56 Å². The zero-order valence-electron chi connectivity index (χ0n) is 18.6. The molecular formula is C25H21Cl2FN4O3. The van der Waals surface area contributed by atoms with Crippen LogP contribution in [0, 0.1) is 17.1 Å². The van der Waals surface area contributed by atoms with Crippen molar-refractivity contribution >= 4 is 34.7 Å². The lowest BCUT2D eigenvalue weighted by Crippen LogP contribution is -2.59. The van der Waals surface area contributed by atoms with Crippen LogP contribution in [0.25, 0.3) is 5.57 Å². The second-order valence-corrected chi connectivity index (χ2v) is 9.60. The number of carbonyl (C=O) groups is 1. The van der Waals surface area contributed by atoms with Gasteiger partial charge in [-0.1, -0.05) is 29.3 Å². The van der Waals surface area contributed by atoms with E-state index in [-0.39, 0.29) is 28.1 Å². The lowest BCUT2D eigenvalue weighted by Gasteiger charge is -2.46. The second kappa shape index (κ2) is 9.59. The van der Waals surface area contributed by atoms with Gasteiger partial charge in [-0.05, 0) is 29.8 Å². The van der Waals surface area contributed by atoms with Crippen molar-refractivity contribution < 1.29 is 13.9 Å². The summed E-state index contributed by atoms with van der Waals surface area (Å²) in [5.74, 6) is -0.923. The summed E-state index contributed by atoms with van der Waals surface area (Å²) in [6.45, 7) is 2.23. The van der Waals surface area contributed by atoms with Gasteiger partial charge in [0.05, 0.1) is 34.3 Å². The first kappa shape index (κ1) is 23.8. The highest BCUT2D eigenvalue weighted by Gasteiger charge is 2.37. The average molecular weight is 515 g/mol. The third kappa shape index (κ3) is 4.65. The highest BCUT2D eigenvalue weighted by molar-refractivity contribution is 6.35. The van der Waals surface area contributed by atoms with E-state index in [2.05, 4.69) is 16.0 Å². The van der Waals surface area contributed by atoms with E-state index >= 15 is 0 Å². The fourth-order valence-electron chi connectivity index (χ4n) is 4.79. The molecule has 2 fully saturated rings. The van der Waals surface area contributed by atoms with Crippen LogP contribution in [-0.4, -0.2) is 59.5 Å². The molecule has 3 aliphatic rings. The largest absolute Gasteiger partial charge is 0.370 e. The first-order valence-corrected chi connectivity index (χ1v) is 11.9. The highest BCUT2D eigenvalue weighted by atomic mass is 35.5. The fourth-order valence-corrected chi connectivity index (χ4v) is 5.26. The van der Waals surface area contributed by atoms with Crippen molar-refractivity contribution in [2.75, 3.05) is 32.8 Å². The molecule has 1 N–H and O–H groups in total. The van der Waals surface area contributed by atoms with Crippen LogP contribution >= 0.6 is 23.2 Å². The van der Waals surface area contributed by atoms with Crippen molar-refractivity contribution in [2.45, 2.75) is 18.6 Å². The van der Waals surface area contributed by atoms with Gasteiger partial charge >= 0.3 is 0 Å². The van der Waals surface area contributed by atoms with Gasteiger partial charge in [0.2, 0.25) is 0 Å². The van der Waals surface area contributed by atoms with Gasteiger partial charge in [-0.3, -0.25) is 14.5 Å². The monoisotopic (exact) mass is 514 g/mol. The number of ether oxygens (including phenoxy) is 1. The van der Waals surface area contributed by atoms with Crippen molar-refractivity contribution in [3.05, 3.63) is 85.0 Å². The van der Waals surface area contributed by atoms with Crippen molar-refractivity contribution in [2.24, 2.45) is 0 Å². The number of pyridine rings is 1. The van der Waals surface area contributed by atoms with E-state index in [0.717, 1.165) is 6.07 Å². The van der Waals surface area contributed by atoms with Crippen LogP contribution in [0.2, 0.25) is 10.0 Å². The summed E-state index contributed by atoms with van der Waals surface area (Å²) in [7, 11) is 0. The van der Waals surface area contributed by atoms with Crippen LogP contribution in [-0.2, 0) is 4.74 Å². The Hall–Kier alpha value is -2.96. The van der Waals surface area contributed by atoms with Gasteiger partial charge in [0.1, 0.15) is 11.9 Å². The van der Waals surface area contributed by atoms with Gasteiger partial charge in [0, 0.05) is 55.5 Å². The van der Waals surface area contributed by atoms with Gasteiger partial charge in [0.25, 0.3) is 11.5 Å². The molecule has 180 valence electrons. The molecule has 1 aliphatic carbocycles. The predicted molar refractivity (Wildman–Crippen MR) is 130 cm³/mol. The number of hydrogen-bond donors (Lipinski definition) is 1. The van der Waals surface area contributed by atoms with Crippen LogP contribution in [0.4, 0.5) is 4.39 Å². The van der Waals surface area contributed by atoms with E-state index in [1.807, 2.05) is 0 Å². The molecule has 10 heteroatoms. The molecule has 0 radical (unpaired) electrons. The summed E-state index contributed by atoms with van der Waals surface area (Å²) in [4.78, 5) is 32.0. The maximum Gasteiger partial charge on any atom is 0.255 e. The van der Waals surface area contributed by atoms with Gasteiger partial charge in [-0.15, -0.1) is 0 Å². The molecule has 0 saturated carbocycles. The van der Waals surface area contributed by atoms with Gasteiger partial charge in [-0.2, -0.15) is 5.26 Å². The number of fused-ring (bicyclic) bond motifs is 1. The highest BCUT2D eigenvalue weighted by Crippen LogP contribution is 2.35. The van der Waals surface area contributed by atoms with Crippen LogP contribution in [0.3, 0.4) is 0 Å². The Labute approximate surface area is 211 Å². The number of rotatable bonds is 3. The maximum atomic E-state index is 14.5. The van der Waals surface area contributed by atoms with Crippen LogP contribution in [0.5, 0.6) is 0 Å². The standard InChI is InChI=1S/C25H21Cl2FN4O3/c26-16-6-20(24(33)30-10-16)22-12-31-3-4-32(11-18(31)13-35-22)25(34)21-8-17(28)7-19(23(21)27)15-2-1-14(5-15)9-29/h2,5-8,10,18,22H,1,3-4,11-13H2,(H,30,33)/t18-,22-/m0/s1. The molecule has 2 atom stereocenters. The summed E-state index contributed by atoms with van der Waals surface area (Å²) in [5.41, 5.74) is 1.91. The topological polar surface area (TPSA) is 89.4 Å². The summed E-state index contributed by atoms with van der Waals surface area (Å²) in [6, 6.07) is 6.08. The number of aromatic amines is 1. The lowest BCUT2D eigenvalue weighted by atomic mass is 10.0. The second-order valence-electron chi connectivity index (χ2n) is 8.78. The Morgan fingerprint density at radius 3 is 2.83 bits per heavy atom. The zero-order chi connectivity index (χ0) is 24.7. The number of halogens is 3. The molecule has 2 aliphatic heterocycles. The molecule has 0 spiro atoms. The number of nitrogens with one attached hydrogen (secondary N) is 1. The molecule has 0 unspecified atom stereocenters. The molecule has 1 aromatic heterocycles. The van der Waals surface area contributed by atoms with E-state index in [1.165, 1.54) is 12.3 Å². The summed E-state index contributed by atoms with van der Waals surface area (Å²) >= 11 is 12.6. The Balaban J connectivity index is 1.32. The Morgan fingerprint density at radius 1 is 1.23 bits per heavy atom. The van der Waals surface area contributed by atoms with Crippen molar-refractivity contribution in [1.82, 2.24) is 14.8 Å². The normalized spacial score (nSPS) is 22.3. The van der Waals surface area contributed by atoms with Crippen LogP contribution in [0.1, 0.15) is 34.0 Å². The number of hydrogen-bond acceptors (Lipinski definition) is 5. The molecule has 35 heavy (non-hydrogen) atoms. The van der Waals surface area contributed by atoms with Crippen molar-refractivity contribution in [3.8, 4) is 6.07 Å². The molecular weight excluding hydrogens is 494 g/mol. The first-order chi connectivity index (χ1) is 16.8. The fraction of sp³-hybridized carbons (Fsp3) is 0.320. The molecule has 2 aromatic rings. The number of allylic oxidation sites excluding steroid dienone is 4. The summed E-state index contributed by atoms with van der Waals surface area (Å²) in [5, 5.41) is 9.71. The third-order valence-electron chi connectivity index (χ3n) is 6.62. The Bertz CT molecular complexity index is 1360. The molecule has 1 aromatic carbocycles. The summed E-state index contributed by atoms with van der Waals surface area (Å²) < 4.78 is 20.5. The molecule has 3 heterocycles. The minimum atomic E-state index is -0.568. The summed E-state index contributed by atoms with van der Waals surface area (Å²) in [6.07, 6.45) is 4.94. The minimum Gasteiger partial charge on any atom is -0.370 e. The molecule has 2 saturated heterocycles. The number of piperazine rings is 1. The first-order valence-electron chi connectivity index (χ1n) is 11.2. The number of nitrogens with zero attached hydrogens (tertiary/aromatic N) is 3. The number of aromatic nitrogens is 1. The third-order valence-corrected chi connectivity index (χ3v) is 7.25. The SMILES string of the molecule is N#CC1=CC(c2cc(F)cc(C(=O)N3CCN4C[C@@H](c5cc(Cl)c[nH]c5=O)OC[C@@H]4C3)c2Cl)=CC1. The number of H-pyrrole nitrogens is 1. The predicted octanol–water partition coefficient (Wildman–Crippen LogP) is 3.96. The van der Waals surface area contributed by atoms with E-state index < -0.39 is 11.9 Å². The Morgan fingerprint density at radius 2 is 2.06 bits per heavy atom. The van der Waals surface area contributed by atoms with Gasteiger partial charge < -0.3 is 14.6 Å². The number of benzene rings is 1. The number of nitriles is 1. The van der Waals surface area contributed by atoms with Crippen LogP contribution in [0.15, 0.2) is 46.9 Å². The van der Waals surface area contributed by atoms with Crippen molar-refractivity contribution in [3.63, 3.8) is 0 Å². The number of amides is 1. The van der Waals surface area contributed by atoms with E-state index in [9.17, 15) is 14.0 Å². The van der Waals surface area contributed by atoms with E-state index in [4.69, 9.17) is 33.2 Å². The zero-order valence-corrected chi connectivity index (χ0v) is 20.1. The van der Waals surface area contributed by atoms with Crippen molar-refractivity contribution in [1.29, 1.82) is 5.26 Å². The molecule has 7 nitrogen and oxygen atoms in total. The van der Waals surface area contributed by atoms with Gasteiger partial charge in [-0.25, -0.2) is 4.39 Å². The molecule has 5 rings (SSSR count). The van der Waals surface area contributed by atoms with E-state index in [0.29, 0.717) is 66.5 Å². The van der Waals surface area contributed by atoms with E-state index in [1.54, 1.807) is 23.1 Å².